The fraction of sp³-hybridized carbons (Fsp3) is 0.625. The number of benzene rings is 1. The lowest BCUT2D eigenvalue weighted by atomic mass is 9.83. The highest BCUT2D eigenvalue weighted by Crippen LogP contribution is 2.30. The molecule has 3 heterocycles. The summed E-state index contributed by atoms with van der Waals surface area (Å²) >= 11 is 0. The number of hydrogen-bond donors (Lipinski definition) is 2. The lowest BCUT2D eigenvalue weighted by molar-refractivity contribution is -0.131. The SMILES string of the molecule is COc1ccc(CCN2C(=O)N[C@@H](CC(=O)NC[C@@H]3CCCN4CCCC[C@@H]34)C2=O)cc1. The van der Waals surface area contributed by atoms with Gasteiger partial charge in [-0.25, -0.2) is 4.79 Å². The molecule has 0 unspecified atom stereocenters. The van der Waals surface area contributed by atoms with Gasteiger partial charge in [-0.05, 0) is 68.8 Å². The maximum absolute atomic E-state index is 12.7. The average Bonchev–Trinajstić information content (AvgIpc) is 3.08. The van der Waals surface area contributed by atoms with Crippen molar-refractivity contribution in [2.75, 3.05) is 33.3 Å². The van der Waals surface area contributed by atoms with Crippen LogP contribution in [0.4, 0.5) is 4.79 Å². The molecule has 1 aromatic carbocycles. The Hall–Kier alpha value is -2.61. The number of imide groups is 1. The molecule has 3 aliphatic rings. The smallest absolute Gasteiger partial charge is 0.324 e. The van der Waals surface area contributed by atoms with Crippen molar-refractivity contribution in [3.05, 3.63) is 29.8 Å². The number of ether oxygens (including phenoxy) is 1. The van der Waals surface area contributed by atoms with Crippen LogP contribution in [0.15, 0.2) is 24.3 Å². The Morgan fingerprint density at radius 2 is 1.91 bits per heavy atom. The van der Waals surface area contributed by atoms with Gasteiger partial charge < -0.3 is 20.3 Å². The first kappa shape index (κ1) is 22.6. The van der Waals surface area contributed by atoms with Crippen molar-refractivity contribution in [2.24, 2.45) is 5.92 Å². The topological polar surface area (TPSA) is 91.0 Å². The van der Waals surface area contributed by atoms with Crippen molar-refractivity contribution < 1.29 is 19.1 Å². The summed E-state index contributed by atoms with van der Waals surface area (Å²) in [5.41, 5.74) is 1.01. The second-order valence-electron chi connectivity index (χ2n) is 9.10. The molecule has 3 aliphatic heterocycles. The van der Waals surface area contributed by atoms with E-state index in [1.165, 1.54) is 43.7 Å². The normalized spacial score (nSPS) is 25.9. The minimum Gasteiger partial charge on any atom is -0.497 e. The third-order valence-electron chi connectivity index (χ3n) is 7.07. The fourth-order valence-corrected chi connectivity index (χ4v) is 5.28. The highest BCUT2D eigenvalue weighted by molar-refractivity contribution is 6.05. The predicted octanol–water partition coefficient (Wildman–Crippen LogP) is 1.93. The first-order valence-electron chi connectivity index (χ1n) is 11.8. The van der Waals surface area contributed by atoms with E-state index < -0.39 is 12.1 Å². The number of nitrogens with zero attached hydrogens (tertiary/aromatic N) is 2. The van der Waals surface area contributed by atoms with E-state index in [-0.39, 0.29) is 24.8 Å². The second-order valence-corrected chi connectivity index (χ2v) is 9.10. The molecule has 32 heavy (non-hydrogen) atoms. The van der Waals surface area contributed by atoms with Crippen LogP contribution in [0.1, 0.15) is 44.1 Å². The number of carbonyl (C=O) groups is 3. The van der Waals surface area contributed by atoms with Crippen LogP contribution in [0.2, 0.25) is 0 Å². The molecular formula is C24H34N4O4. The highest BCUT2D eigenvalue weighted by atomic mass is 16.5. The quantitative estimate of drug-likeness (QED) is 0.601. The molecule has 0 aliphatic carbocycles. The molecule has 8 nitrogen and oxygen atoms in total. The summed E-state index contributed by atoms with van der Waals surface area (Å²) in [6, 6.07) is 6.91. The molecule has 1 aromatic rings. The summed E-state index contributed by atoms with van der Waals surface area (Å²) in [6.07, 6.45) is 6.61. The van der Waals surface area contributed by atoms with Gasteiger partial charge in [-0.2, -0.15) is 0 Å². The zero-order valence-corrected chi connectivity index (χ0v) is 18.8. The van der Waals surface area contributed by atoms with Crippen molar-refractivity contribution >= 4 is 17.8 Å². The third-order valence-corrected chi connectivity index (χ3v) is 7.07. The summed E-state index contributed by atoms with van der Waals surface area (Å²) in [5, 5.41) is 5.70. The minimum atomic E-state index is -0.782. The number of fused-ring (bicyclic) bond motifs is 1. The van der Waals surface area contributed by atoms with Crippen LogP contribution in [0, 0.1) is 5.92 Å². The van der Waals surface area contributed by atoms with Crippen LogP contribution in [0.5, 0.6) is 5.75 Å². The zero-order chi connectivity index (χ0) is 22.5. The molecule has 3 atom stereocenters. The first-order chi connectivity index (χ1) is 15.5. The molecular weight excluding hydrogens is 408 g/mol. The molecule has 8 heteroatoms. The first-order valence-corrected chi connectivity index (χ1v) is 11.8. The van der Waals surface area contributed by atoms with Gasteiger partial charge in [-0.3, -0.25) is 14.5 Å². The number of piperidine rings is 2. The average molecular weight is 443 g/mol. The molecule has 2 N–H and O–H groups in total. The maximum atomic E-state index is 12.7. The summed E-state index contributed by atoms with van der Waals surface area (Å²) < 4.78 is 5.15. The molecule has 0 spiro atoms. The number of urea groups is 1. The van der Waals surface area contributed by atoms with Crippen LogP contribution in [0.3, 0.4) is 0 Å². The maximum Gasteiger partial charge on any atom is 0.324 e. The standard InChI is InChI=1S/C24H34N4O4/c1-32-19-9-7-17(8-10-19)11-14-28-23(30)20(26-24(28)31)15-22(29)25-16-18-5-4-13-27-12-3-2-6-21(18)27/h7-10,18,20-21H,2-6,11-16H2,1H3,(H,25,29)(H,26,31)/t18-,20-,21-/m0/s1. The second kappa shape index (κ2) is 10.3. The highest BCUT2D eigenvalue weighted by Gasteiger charge is 2.39. The van der Waals surface area contributed by atoms with E-state index in [4.69, 9.17) is 4.74 Å². The van der Waals surface area contributed by atoms with E-state index in [0.717, 1.165) is 17.7 Å². The van der Waals surface area contributed by atoms with Crippen molar-refractivity contribution in [3.63, 3.8) is 0 Å². The molecule has 4 amide bonds. The van der Waals surface area contributed by atoms with Gasteiger partial charge in [0.15, 0.2) is 0 Å². The summed E-state index contributed by atoms with van der Waals surface area (Å²) in [7, 11) is 1.61. The van der Waals surface area contributed by atoms with Crippen molar-refractivity contribution in [1.82, 2.24) is 20.4 Å². The van der Waals surface area contributed by atoms with Gasteiger partial charge in [0.2, 0.25) is 5.91 Å². The lowest BCUT2D eigenvalue weighted by Crippen LogP contribution is -2.51. The Labute approximate surface area is 189 Å². The Morgan fingerprint density at radius 3 is 2.69 bits per heavy atom. The van der Waals surface area contributed by atoms with Crippen LogP contribution in [-0.4, -0.2) is 73.0 Å². The Bertz CT molecular complexity index is 826. The Balaban J connectivity index is 1.23. The Morgan fingerprint density at radius 1 is 1.12 bits per heavy atom. The van der Waals surface area contributed by atoms with Crippen LogP contribution in [-0.2, 0) is 16.0 Å². The number of hydrogen-bond acceptors (Lipinski definition) is 5. The molecule has 0 radical (unpaired) electrons. The van der Waals surface area contributed by atoms with Crippen molar-refractivity contribution in [2.45, 2.75) is 57.0 Å². The number of methoxy groups -OCH3 is 1. The molecule has 0 aromatic heterocycles. The van der Waals surface area contributed by atoms with Crippen LogP contribution in [0.25, 0.3) is 0 Å². The molecule has 4 rings (SSSR count). The van der Waals surface area contributed by atoms with E-state index in [2.05, 4.69) is 15.5 Å². The van der Waals surface area contributed by atoms with Gasteiger partial charge in [0, 0.05) is 19.1 Å². The lowest BCUT2D eigenvalue weighted by Gasteiger charge is -2.44. The summed E-state index contributed by atoms with van der Waals surface area (Å²) in [6.45, 7) is 3.28. The van der Waals surface area contributed by atoms with E-state index in [9.17, 15) is 14.4 Å². The molecule has 0 saturated carbocycles. The van der Waals surface area contributed by atoms with Crippen molar-refractivity contribution in [1.29, 1.82) is 0 Å². The van der Waals surface area contributed by atoms with Crippen LogP contribution >= 0.6 is 0 Å². The van der Waals surface area contributed by atoms with Crippen molar-refractivity contribution in [3.8, 4) is 5.75 Å². The van der Waals surface area contributed by atoms with E-state index in [1.807, 2.05) is 24.3 Å². The van der Waals surface area contributed by atoms with E-state index >= 15 is 0 Å². The van der Waals surface area contributed by atoms with Gasteiger partial charge in [0.25, 0.3) is 5.91 Å². The predicted molar refractivity (Wildman–Crippen MR) is 120 cm³/mol. The Kier molecular flexibility index (Phi) is 7.29. The summed E-state index contributed by atoms with van der Waals surface area (Å²) in [4.78, 5) is 41.3. The van der Waals surface area contributed by atoms with Gasteiger partial charge in [0.1, 0.15) is 11.8 Å². The number of carbonyl (C=O) groups excluding carboxylic acids is 3. The monoisotopic (exact) mass is 442 g/mol. The van der Waals surface area contributed by atoms with Crippen LogP contribution < -0.4 is 15.4 Å². The van der Waals surface area contributed by atoms with Gasteiger partial charge in [-0.1, -0.05) is 18.6 Å². The molecule has 0 bridgehead atoms. The molecule has 3 saturated heterocycles. The summed E-state index contributed by atoms with van der Waals surface area (Å²) in [5.74, 6) is 0.741. The van der Waals surface area contributed by atoms with Gasteiger partial charge in [0.05, 0.1) is 13.5 Å². The van der Waals surface area contributed by atoms with E-state index in [0.29, 0.717) is 24.9 Å². The largest absolute Gasteiger partial charge is 0.497 e. The fourth-order valence-electron chi connectivity index (χ4n) is 5.28. The minimum absolute atomic E-state index is 0.00922. The van der Waals surface area contributed by atoms with Gasteiger partial charge >= 0.3 is 6.03 Å². The molecule has 3 fully saturated rings. The molecule has 174 valence electrons. The zero-order valence-electron chi connectivity index (χ0n) is 18.8. The number of nitrogens with one attached hydrogen (secondary N) is 2. The van der Waals surface area contributed by atoms with E-state index in [1.54, 1.807) is 7.11 Å². The number of rotatable bonds is 8. The third kappa shape index (κ3) is 5.23. The van der Waals surface area contributed by atoms with Gasteiger partial charge in [-0.15, -0.1) is 0 Å². The number of amides is 4.